The molecule has 1 atom stereocenters. The van der Waals surface area contributed by atoms with Gasteiger partial charge in [0.15, 0.2) is 0 Å². The minimum atomic E-state index is 0.328. The summed E-state index contributed by atoms with van der Waals surface area (Å²) in [4.78, 5) is 0. The fraction of sp³-hybridized carbons (Fsp3) is 0.750. The summed E-state index contributed by atoms with van der Waals surface area (Å²) in [6.07, 6.45) is 0. The van der Waals surface area contributed by atoms with Crippen LogP contribution in [0.15, 0.2) is 0 Å². The van der Waals surface area contributed by atoms with Gasteiger partial charge in [-0.25, -0.2) is 0 Å². The van der Waals surface area contributed by atoms with E-state index in [9.17, 15) is 0 Å². The molecule has 0 aliphatic heterocycles. The van der Waals surface area contributed by atoms with E-state index in [1.807, 2.05) is 18.7 Å². The number of aryl methyl sites for hydroxylation is 2. The maximum absolute atomic E-state index is 5.30. The van der Waals surface area contributed by atoms with Crippen LogP contribution >= 0.6 is 0 Å². The SMILES string of the molecule is CCOCCNC(C)c1c(C)nn(C)c1C. The second kappa shape index (κ2) is 6.01. The molecule has 92 valence electrons. The molecule has 1 aromatic rings. The van der Waals surface area contributed by atoms with E-state index >= 15 is 0 Å². The highest BCUT2D eigenvalue weighted by Gasteiger charge is 2.15. The van der Waals surface area contributed by atoms with Crippen molar-refractivity contribution in [3.8, 4) is 0 Å². The lowest BCUT2D eigenvalue weighted by atomic mass is 10.1. The first-order valence-electron chi connectivity index (χ1n) is 5.89. The number of aromatic nitrogens is 2. The van der Waals surface area contributed by atoms with Gasteiger partial charge in [-0.2, -0.15) is 5.10 Å². The summed E-state index contributed by atoms with van der Waals surface area (Å²) in [5, 5.41) is 7.87. The number of nitrogens with one attached hydrogen (secondary N) is 1. The molecule has 0 aromatic carbocycles. The predicted molar refractivity (Wildman–Crippen MR) is 65.6 cm³/mol. The molecule has 1 unspecified atom stereocenters. The Morgan fingerprint density at radius 1 is 1.44 bits per heavy atom. The first-order valence-corrected chi connectivity index (χ1v) is 5.89. The molecule has 0 aliphatic carbocycles. The van der Waals surface area contributed by atoms with Crippen LogP contribution in [-0.4, -0.2) is 29.5 Å². The minimum Gasteiger partial charge on any atom is -0.380 e. The average Bonchev–Trinajstić information content (AvgIpc) is 2.48. The van der Waals surface area contributed by atoms with Crippen LogP contribution in [-0.2, 0) is 11.8 Å². The summed E-state index contributed by atoms with van der Waals surface area (Å²) in [5.41, 5.74) is 3.64. The van der Waals surface area contributed by atoms with Crippen LogP contribution in [0.3, 0.4) is 0 Å². The lowest BCUT2D eigenvalue weighted by molar-refractivity contribution is 0.147. The van der Waals surface area contributed by atoms with Crippen LogP contribution in [0.5, 0.6) is 0 Å². The lowest BCUT2D eigenvalue weighted by Gasteiger charge is -2.14. The summed E-state index contributed by atoms with van der Waals surface area (Å²) in [6, 6.07) is 0.328. The molecule has 0 spiro atoms. The predicted octanol–water partition coefficient (Wildman–Crippen LogP) is 1.72. The van der Waals surface area contributed by atoms with Crippen LogP contribution in [0.2, 0.25) is 0 Å². The molecule has 0 fully saturated rings. The molecular formula is C12H23N3O. The second-order valence-corrected chi connectivity index (χ2v) is 4.08. The van der Waals surface area contributed by atoms with Gasteiger partial charge in [0, 0.05) is 37.5 Å². The van der Waals surface area contributed by atoms with E-state index in [1.54, 1.807) is 0 Å². The van der Waals surface area contributed by atoms with Gasteiger partial charge in [0.2, 0.25) is 0 Å². The van der Waals surface area contributed by atoms with Gasteiger partial charge in [0.05, 0.1) is 12.3 Å². The van der Waals surface area contributed by atoms with E-state index in [0.717, 1.165) is 25.5 Å². The summed E-state index contributed by atoms with van der Waals surface area (Å²) in [6.45, 7) is 10.8. The zero-order valence-electron chi connectivity index (χ0n) is 11.0. The number of hydrogen-bond acceptors (Lipinski definition) is 3. The van der Waals surface area contributed by atoms with Crippen molar-refractivity contribution in [1.29, 1.82) is 0 Å². The van der Waals surface area contributed by atoms with Crippen molar-refractivity contribution in [1.82, 2.24) is 15.1 Å². The van der Waals surface area contributed by atoms with Crippen LogP contribution in [0.25, 0.3) is 0 Å². The van der Waals surface area contributed by atoms with Gasteiger partial charge in [-0.3, -0.25) is 4.68 Å². The van der Waals surface area contributed by atoms with E-state index in [1.165, 1.54) is 11.3 Å². The largest absolute Gasteiger partial charge is 0.380 e. The standard InChI is InChI=1S/C12H23N3O/c1-6-16-8-7-13-9(2)12-10(3)14-15(5)11(12)4/h9,13H,6-8H2,1-5H3. The van der Waals surface area contributed by atoms with E-state index in [0.29, 0.717) is 6.04 Å². The van der Waals surface area contributed by atoms with Crippen LogP contribution in [0.4, 0.5) is 0 Å². The van der Waals surface area contributed by atoms with Crippen molar-refractivity contribution >= 4 is 0 Å². The molecule has 1 aromatic heterocycles. The maximum Gasteiger partial charge on any atom is 0.0644 e. The van der Waals surface area contributed by atoms with Gasteiger partial charge in [0.25, 0.3) is 0 Å². The molecular weight excluding hydrogens is 202 g/mol. The molecule has 0 saturated heterocycles. The average molecular weight is 225 g/mol. The molecule has 1 N–H and O–H groups in total. The van der Waals surface area contributed by atoms with E-state index < -0.39 is 0 Å². The van der Waals surface area contributed by atoms with E-state index in [4.69, 9.17) is 4.74 Å². The lowest BCUT2D eigenvalue weighted by Crippen LogP contribution is -2.24. The molecule has 16 heavy (non-hydrogen) atoms. The van der Waals surface area contributed by atoms with Gasteiger partial charge in [-0.1, -0.05) is 0 Å². The number of ether oxygens (including phenoxy) is 1. The monoisotopic (exact) mass is 225 g/mol. The molecule has 0 amide bonds. The van der Waals surface area contributed by atoms with Gasteiger partial charge < -0.3 is 10.1 Å². The highest BCUT2D eigenvalue weighted by molar-refractivity contribution is 5.27. The summed E-state index contributed by atoms with van der Waals surface area (Å²) in [5.74, 6) is 0. The van der Waals surface area contributed by atoms with Gasteiger partial charge in [-0.15, -0.1) is 0 Å². The Kier molecular flexibility index (Phi) is 4.96. The quantitative estimate of drug-likeness (QED) is 0.749. The van der Waals surface area contributed by atoms with Gasteiger partial charge >= 0.3 is 0 Å². The highest BCUT2D eigenvalue weighted by atomic mass is 16.5. The fourth-order valence-corrected chi connectivity index (χ4v) is 2.01. The Labute approximate surface area is 98.0 Å². The molecule has 0 radical (unpaired) electrons. The van der Waals surface area contributed by atoms with Crippen LogP contribution in [0, 0.1) is 13.8 Å². The topological polar surface area (TPSA) is 39.1 Å². The molecule has 0 saturated carbocycles. The Morgan fingerprint density at radius 2 is 2.12 bits per heavy atom. The normalized spacial score (nSPS) is 13.1. The van der Waals surface area contributed by atoms with Crippen molar-refractivity contribution in [2.24, 2.45) is 7.05 Å². The zero-order chi connectivity index (χ0) is 12.1. The van der Waals surface area contributed by atoms with Gasteiger partial charge in [-0.05, 0) is 27.7 Å². The Morgan fingerprint density at radius 3 is 2.62 bits per heavy atom. The van der Waals surface area contributed by atoms with Crippen molar-refractivity contribution < 1.29 is 4.74 Å². The third kappa shape index (κ3) is 3.06. The van der Waals surface area contributed by atoms with Crippen LogP contribution in [0.1, 0.15) is 36.8 Å². The van der Waals surface area contributed by atoms with Crippen molar-refractivity contribution in [2.75, 3.05) is 19.8 Å². The smallest absolute Gasteiger partial charge is 0.0644 e. The first kappa shape index (κ1) is 13.2. The van der Waals surface area contributed by atoms with Crippen molar-refractivity contribution in [3.05, 3.63) is 17.0 Å². The molecule has 4 heteroatoms. The summed E-state index contributed by atoms with van der Waals surface area (Å²) >= 11 is 0. The molecule has 1 rings (SSSR count). The van der Waals surface area contributed by atoms with Crippen molar-refractivity contribution in [2.45, 2.75) is 33.7 Å². The number of hydrogen-bond donors (Lipinski definition) is 1. The molecule has 0 bridgehead atoms. The number of nitrogens with zero attached hydrogens (tertiary/aromatic N) is 2. The zero-order valence-corrected chi connectivity index (χ0v) is 11.0. The fourth-order valence-electron chi connectivity index (χ4n) is 2.01. The van der Waals surface area contributed by atoms with E-state index in [-0.39, 0.29) is 0 Å². The second-order valence-electron chi connectivity index (χ2n) is 4.08. The maximum atomic E-state index is 5.30. The molecule has 4 nitrogen and oxygen atoms in total. The summed E-state index contributed by atoms with van der Waals surface area (Å²) < 4.78 is 7.24. The Bertz CT molecular complexity index is 333. The Balaban J connectivity index is 2.55. The Hall–Kier alpha value is -0.870. The van der Waals surface area contributed by atoms with E-state index in [2.05, 4.69) is 31.2 Å². The molecule has 0 aliphatic rings. The van der Waals surface area contributed by atoms with Crippen molar-refractivity contribution in [3.63, 3.8) is 0 Å². The van der Waals surface area contributed by atoms with Crippen LogP contribution < -0.4 is 5.32 Å². The molecule has 1 heterocycles. The first-order chi connectivity index (χ1) is 7.57. The third-order valence-electron chi connectivity index (χ3n) is 2.90. The third-order valence-corrected chi connectivity index (χ3v) is 2.90. The summed E-state index contributed by atoms with van der Waals surface area (Å²) in [7, 11) is 1.98. The number of rotatable bonds is 6. The highest BCUT2D eigenvalue weighted by Crippen LogP contribution is 2.20. The van der Waals surface area contributed by atoms with Gasteiger partial charge in [0.1, 0.15) is 0 Å². The minimum absolute atomic E-state index is 0.328.